The van der Waals surface area contributed by atoms with Crippen LogP contribution in [0, 0.1) is 13.8 Å². The van der Waals surface area contributed by atoms with Gasteiger partial charge in [-0.15, -0.1) is 0 Å². The molecule has 0 aliphatic heterocycles. The van der Waals surface area contributed by atoms with Crippen LogP contribution >= 0.6 is 11.6 Å². The maximum atomic E-state index is 5.81. The molecule has 8 nitrogen and oxygen atoms in total. The molecule has 0 aromatic carbocycles. The van der Waals surface area contributed by atoms with E-state index >= 15 is 0 Å². The predicted octanol–water partition coefficient (Wildman–Crippen LogP) is 6.11. The van der Waals surface area contributed by atoms with Crippen molar-refractivity contribution in [1.29, 1.82) is 0 Å². The lowest BCUT2D eigenvalue weighted by atomic mass is 9.95. The Kier molecular flexibility index (Phi) is 13.7. The van der Waals surface area contributed by atoms with Gasteiger partial charge in [0, 0.05) is 42.1 Å². The zero-order chi connectivity index (χ0) is 25.5. The van der Waals surface area contributed by atoms with Crippen LogP contribution in [0.1, 0.15) is 89.4 Å². The molecule has 0 saturated heterocycles. The molecule has 5 N–H and O–H groups in total. The van der Waals surface area contributed by atoms with Gasteiger partial charge in [0.25, 0.3) is 0 Å². The third-order valence-corrected chi connectivity index (χ3v) is 6.10. The average Bonchev–Trinajstić information content (AvgIpc) is 2.81. The first-order valence-electron chi connectivity index (χ1n) is 13.3. The van der Waals surface area contributed by atoms with E-state index in [-0.39, 0.29) is 0 Å². The highest BCUT2D eigenvalue weighted by Crippen LogP contribution is 2.22. The van der Waals surface area contributed by atoms with E-state index in [4.69, 9.17) is 17.3 Å². The van der Waals surface area contributed by atoms with Crippen LogP contribution in [0.25, 0.3) is 0 Å². The van der Waals surface area contributed by atoms with E-state index in [0.29, 0.717) is 17.4 Å². The summed E-state index contributed by atoms with van der Waals surface area (Å²) in [5, 5.41) is 10.4. The van der Waals surface area contributed by atoms with Gasteiger partial charge in [0.05, 0.1) is 0 Å². The third-order valence-electron chi connectivity index (χ3n) is 5.93. The fraction of sp³-hybridized carbons (Fsp3) is 0.692. The Balaban J connectivity index is 0.000000223. The lowest BCUT2D eigenvalue weighted by molar-refractivity contribution is 0.462. The number of aryl methyl sites for hydroxylation is 2. The molecule has 2 aromatic rings. The zero-order valence-electron chi connectivity index (χ0n) is 22.0. The highest BCUT2D eigenvalue weighted by Gasteiger charge is 2.15. The van der Waals surface area contributed by atoms with E-state index in [2.05, 4.69) is 42.8 Å². The standard InChI is InChI=1S/C13H22N4.C11H16ClN3.C2H7N/c1-3-14-13-15-10(2)9-12(17-13)16-11-7-5-4-6-8-11;1-8-7-10(15-11(12)13-8)14-9-5-3-2-4-6-9;1-2-3/h9,11H,3-8H2,1-2H3,(H2,14,15,16,17);7,9H,2-6H2,1H3,(H,13,14,15);2-3H2,1H3. The van der Waals surface area contributed by atoms with Crippen molar-refractivity contribution in [2.45, 2.75) is 104 Å². The zero-order valence-corrected chi connectivity index (χ0v) is 22.8. The number of hydrogen-bond donors (Lipinski definition) is 4. The monoisotopic (exact) mass is 504 g/mol. The van der Waals surface area contributed by atoms with Crippen LogP contribution in [0.15, 0.2) is 12.1 Å². The summed E-state index contributed by atoms with van der Waals surface area (Å²) in [7, 11) is 0. The van der Waals surface area contributed by atoms with E-state index in [0.717, 1.165) is 42.1 Å². The summed E-state index contributed by atoms with van der Waals surface area (Å²) in [6, 6.07) is 5.12. The van der Waals surface area contributed by atoms with Crippen LogP contribution in [-0.4, -0.2) is 45.1 Å². The van der Waals surface area contributed by atoms with E-state index in [1.807, 2.05) is 32.9 Å². The van der Waals surface area contributed by atoms with Gasteiger partial charge in [-0.2, -0.15) is 4.98 Å². The van der Waals surface area contributed by atoms with E-state index in [9.17, 15) is 0 Å². The summed E-state index contributed by atoms with van der Waals surface area (Å²) in [6.07, 6.45) is 13.0. The van der Waals surface area contributed by atoms with Crippen LogP contribution in [0.4, 0.5) is 17.6 Å². The minimum Gasteiger partial charge on any atom is -0.367 e. The molecule has 2 heterocycles. The molecule has 0 atom stereocenters. The Morgan fingerprint density at radius 3 is 1.69 bits per heavy atom. The normalized spacial score (nSPS) is 16.3. The van der Waals surface area contributed by atoms with Crippen molar-refractivity contribution in [3.63, 3.8) is 0 Å². The van der Waals surface area contributed by atoms with Crippen molar-refractivity contribution in [1.82, 2.24) is 19.9 Å². The van der Waals surface area contributed by atoms with Crippen molar-refractivity contribution in [3.05, 3.63) is 28.8 Å². The second-order valence-electron chi connectivity index (χ2n) is 9.28. The minimum atomic E-state index is 0.327. The lowest BCUT2D eigenvalue weighted by Crippen LogP contribution is -2.23. The molecule has 0 unspecified atom stereocenters. The van der Waals surface area contributed by atoms with Gasteiger partial charge in [0.15, 0.2) is 0 Å². The Bertz CT molecular complexity index is 831. The van der Waals surface area contributed by atoms with Crippen molar-refractivity contribution in [3.8, 4) is 0 Å². The highest BCUT2D eigenvalue weighted by molar-refractivity contribution is 6.28. The Hall–Kier alpha value is -2.19. The summed E-state index contributed by atoms with van der Waals surface area (Å²) >= 11 is 5.81. The molecule has 4 rings (SSSR count). The van der Waals surface area contributed by atoms with E-state index in [1.54, 1.807) is 0 Å². The van der Waals surface area contributed by atoms with Gasteiger partial charge in [-0.1, -0.05) is 45.4 Å². The van der Waals surface area contributed by atoms with Crippen molar-refractivity contribution in [2.75, 3.05) is 29.0 Å². The lowest BCUT2D eigenvalue weighted by Gasteiger charge is -2.23. The van der Waals surface area contributed by atoms with E-state index < -0.39 is 0 Å². The fourth-order valence-corrected chi connectivity index (χ4v) is 4.62. The fourth-order valence-electron chi connectivity index (χ4n) is 4.40. The van der Waals surface area contributed by atoms with Crippen LogP contribution in [0.2, 0.25) is 5.28 Å². The summed E-state index contributed by atoms with van der Waals surface area (Å²) in [6.45, 7) is 9.50. The van der Waals surface area contributed by atoms with Gasteiger partial charge in [-0.05, 0) is 64.6 Å². The molecule has 2 aliphatic rings. The second kappa shape index (κ2) is 16.5. The maximum absolute atomic E-state index is 5.81. The first kappa shape index (κ1) is 29.0. The summed E-state index contributed by atoms with van der Waals surface area (Å²) in [4.78, 5) is 17.1. The maximum Gasteiger partial charge on any atom is 0.224 e. The molecule has 35 heavy (non-hydrogen) atoms. The Morgan fingerprint density at radius 2 is 1.23 bits per heavy atom. The summed E-state index contributed by atoms with van der Waals surface area (Å²) in [5.41, 5.74) is 6.77. The van der Waals surface area contributed by atoms with Crippen molar-refractivity contribution < 1.29 is 0 Å². The number of anilines is 3. The molecule has 0 amide bonds. The largest absolute Gasteiger partial charge is 0.367 e. The summed E-state index contributed by atoms with van der Waals surface area (Å²) < 4.78 is 0. The number of rotatable bonds is 6. The molecule has 9 heteroatoms. The van der Waals surface area contributed by atoms with Gasteiger partial charge in [-0.3, -0.25) is 0 Å². The minimum absolute atomic E-state index is 0.327. The van der Waals surface area contributed by atoms with Gasteiger partial charge < -0.3 is 21.7 Å². The van der Waals surface area contributed by atoms with Gasteiger partial charge in [0.1, 0.15) is 11.6 Å². The second-order valence-corrected chi connectivity index (χ2v) is 9.62. The molecule has 2 aliphatic carbocycles. The molecular weight excluding hydrogens is 460 g/mol. The van der Waals surface area contributed by atoms with Crippen molar-refractivity contribution in [2.24, 2.45) is 5.73 Å². The topological polar surface area (TPSA) is 114 Å². The highest BCUT2D eigenvalue weighted by atomic mass is 35.5. The smallest absolute Gasteiger partial charge is 0.224 e. The molecule has 0 radical (unpaired) electrons. The van der Waals surface area contributed by atoms with E-state index in [1.165, 1.54) is 64.2 Å². The van der Waals surface area contributed by atoms with Gasteiger partial charge >= 0.3 is 0 Å². The molecular formula is C26H45ClN8. The van der Waals surface area contributed by atoms with Crippen LogP contribution in [0.3, 0.4) is 0 Å². The number of halogens is 1. The average molecular weight is 505 g/mol. The third kappa shape index (κ3) is 11.9. The Morgan fingerprint density at radius 1 is 0.771 bits per heavy atom. The quantitative estimate of drug-likeness (QED) is 0.348. The van der Waals surface area contributed by atoms with Crippen LogP contribution in [-0.2, 0) is 0 Å². The Labute approximate surface area is 216 Å². The molecule has 2 saturated carbocycles. The molecule has 2 fully saturated rings. The predicted molar refractivity (Wildman–Crippen MR) is 148 cm³/mol. The first-order chi connectivity index (χ1) is 16.9. The van der Waals surface area contributed by atoms with Gasteiger partial charge in [0.2, 0.25) is 11.2 Å². The van der Waals surface area contributed by atoms with Crippen molar-refractivity contribution >= 4 is 29.2 Å². The van der Waals surface area contributed by atoms with Crippen LogP contribution < -0.4 is 21.7 Å². The molecule has 2 aromatic heterocycles. The number of nitrogens with two attached hydrogens (primary N) is 1. The number of nitrogens with one attached hydrogen (secondary N) is 3. The number of aromatic nitrogens is 4. The number of nitrogens with zero attached hydrogens (tertiary/aromatic N) is 4. The first-order valence-corrected chi connectivity index (χ1v) is 13.6. The SMILES string of the molecule is CCN.CCNc1nc(C)cc(NC2CCCCC2)n1.Cc1cc(NC2CCCCC2)nc(Cl)n1. The number of hydrogen-bond acceptors (Lipinski definition) is 8. The molecule has 0 spiro atoms. The van der Waals surface area contributed by atoms with Crippen LogP contribution in [0.5, 0.6) is 0 Å². The molecule has 196 valence electrons. The molecule has 0 bridgehead atoms. The summed E-state index contributed by atoms with van der Waals surface area (Å²) in [5.74, 6) is 2.55. The van der Waals surface area contributed by atoms with Gasteiger partial charge in [-0.25, -0.2) is 15.0 Å².